The third kappa shape index (κ3) is 4.03. The number of piperazine rings is 1. The molecule has 0 unspecified atom stereocenters. The number of nitrogens with one attached hydrogen (secondary N) is 1. The van der Waals surface area contributed by atoms with E-state index in [1.807, 2.05) is 25.1 Å². The molecule has 0 amide bonds. The number of hydrogen-bond acceptors (Lipinski definition) is 4. The molecule has 19 heavy (non-hydrogen) atoms. The number of halogens is 1. The average Bonchev–Trinajstić information content (AvgIpc) is 2.42. The zero-order valence-electron chi connectivity index (χ0n) is 11.1. The van der Waals surface area contributed by atoms with Crippen LogP contribution in [-0.2, 0) is 0 Å². The zero-order chi connectivity index (χ0) is 13.7. The van der Waals surface area contributed by atoms with Gasteiger partial charge in [-0.2, -0.15) is 0 Å². The predicted octanol–water partition coefficient (Wildman–Crippen LogP) is 1.94. The van der Waals surface area contributed by atoms with Gasteiger partial charge in [0.15, 0.2) is 5.78 Å². The molecule has 0 atom stereocenters. The molecule has 1 aromatic rings. The summed E-state index contributed by atoms with van der Waals surface area (Å²) in [4.78, 5) is 14.6. The number of nitrogens with zero attached hydrogens (tertiary/aromatic N) is 1. The van der Waals surface area contributed by atoms with Crippen LogP contribution in [0, 0.1) is 0 Å². The Labute approximate surface area is 122 Å². The quantitative estimate of drug-likeness (QED) is 0.839. The lowest BCUT2D eigenvalue weighted by Gasteiger charge is -2.26. The summed E-state index contributed by atoms with van der Waals surface area (Å²) in [6, 6.07) is 5.58. The first-order valence-electron chi connectivity index (χ1n) is 6.59. The normalized spacial score (nSPS) is 16.3. The van der Waals surface area contributed by atoms with Crippen LogP contribution in [0.3, 0.4) is 0 Å². The van der Waals surface area contributed by atoms with E-state index in [-0.39, 0.29) is 5.78 Å². The van der Waals surface area contributed by atoms with Crippen LogP contribution in [0.1, 0.15) is 17.3 Å². The van der Waals surface area contributed by atoms with Crippen LogP contribution in [0.5, 0.6) is 5.75 Å². The maximum atomic E-state index is 12.4. The second kappa shape index (κ2) is 7.03. The van der Waals surface area contributed by atoms with Crippen LogP contribution in [0.2, 0.25) is 0 Å². The minimum atomic E-state index is 0.117. The second-order valence-electron chi connectivity index (χ2n) is 4.52. The molecular weight excluding hydrogens is 308 g/mol. The van der Waals surface area contributed by atoms with Crippen molar-refractivity contribution >= 4 is 21.7 Å². The topological polar surface area (TPSA) is 41.6 Å². The van der Waals surface area contributed by atoms with E-state index in [2.05, 4.69) is 26.1 Å². The van der Waals surface area contributed by atoms with Crippen molar-refractivity contribution in [3.05, 3.63) is 28.2 Å². The molecule has 1 aliphatic heterocycles. The fraction of sp³-hybridized carbons (Fsp3) is 0.500. The van der Waals surface area contributed by atoms with E-state index in [0.717, 1.165) is 30.7 Å². The summed E-state index contributed by atoms with van der Waals surface area (Å²) in [5.74, 6) is 0.789. The lowest BCUT2D eigenvalue weighted by Crippen LogP contribution is -2.45. The van der Waals surface area contributed by atoms with E-state index in [0.29, 0.717) is 24.5 Å². The average molecular weight is 327 g/mol. The summed E-state index contributed by atoms with van der Waals surface area (Å²) >= 11 is 3.41. The van der Waals surface area contributed by atoms with Crippen molar-refractivity contribution in [1.82, 2.24) is 10.2 Å². The Balaban J connectivity index is 2.10. The van der Waals surface area contributed by atoms with Gasteiger partial charge in [0.25, 0.3) is 0 Å². The first-order valence-corrected chi connectivity index (χ1v) is 7.38. The van der Waals surface area contributed by atoms with Gasteiger partial charge in [-0.05, 0) is 25.1 Å². The molecule has 0 aromatic heterocycles. The summed E-state index contributed by atoms with van der Waals surface area (Å²) < 4.78 is 6.43. The van der Waals surface area contributed by atoms with E-state index < -0.39 is 0 Å². The van der Waals surface area contributed by atoms with Gasteiger partial charge < -0.3 is 10.1 Å². The van der Waals surface area contributed by atoms with Crippen LogP contribution >= 0.6 is 15.9 Å². The number of rotatable bonds is 5. The number of Topliss-reactive ketones (excluding diaryl/α,β-unsaturated/α-hetero) is 1. The zero-order valence-corrected chi connectivity index (χ0v) is 12.7. The summed E-state index contributed by atoms with van der Waals surface area (Å²) in [5, 5.41) is 3.28. The van der Waals surface area contributed by atoms with Gasteiger partial charge >= 0.3 is 0 Å². The minimum absolute atomic E-state index is 0.117. The minimum Gasteiger partial charge on any atom is -0.493 e. The third-order valence-corrected chi connectivity index (χ3v) is 3.61. The second-order valence-corrected chi connectivity index (χ2v) is 5.44. The molecule has 104 valence electrons. The number of benzene rings is 1. The van der Waals surface area contributed by atoms with Gasteiger partial charge in [0.2, 0.25) is 0 Å². The Morgan fingerprint density at radius 3 is 2.84 bits per heavy atom. The highest BCUT2D eigenvalue weighted by molar-refractivity contribution is 9.10. The van der Waals surface area contributed by atoms with E-state index in [9.17, 15) is 4.79 Å². The Morgan fingerprint density at radius 2 is 2.16 bits per heavy atom. The van der Waals surface area contributed by atoms with Gasteiger partial charge in [-0.1, -0.05) is 15.9 Å². The van der Waals surface area contributed by atoms with Gasteiger partial charge in [0.1, 0.15) is 5.75 Å². The highest BCUT2D eigenvalue weighted by Gasteiger charge is 2.18. The first kappa shape index (κ1) is 14.5. The van der Waals surface area contributed by atoms with Crippen LogP contribution in [0.25, 0.3) is 0 Å². The number of carbonyl (C=O) groups excluding carboxylic acids is 1. The summed E-state index contributed by atoms with van der Waals surface area (Å²) in [5.41, 5.74) is 0.662. The molecule has 5 heteroatoms. The van der Waals surface area contributed by atoms with Gasteiger partial charge in [0.05, 0.1) is 18.7 Å². The maximum absolute atomic E-state index is 12.4. The molecule has 1 heterocycles. The molecule has 0 spiro atoms. The summed E-state index contributed by atoms with van der Waals surface area (Å²) in [6.45, 7) is 6.68. The third-order valence-electron chi connectivity index (χ3n) is 3.12. The Bertz CT molecular complexity index is 445. The Hall–Kier alpha value is -0.910. The van der Waals surface area contributed by atoms with Crippen LogP contribution in [0.15, 0.2) is 22.7 Å². The smallest absolute Gasteiger partial charge is 0.180 e. The number of ether oxygens (including phenoxy) is 1. The van der Waals surface area contributed by atoms with Gasteiger partial charge in [-0.3, -0.25) is 9.69 Å². The fourth-order valence-electron chi connectivity index (χ4n) is 2.16. The van der Waals surface area contributed by atoms with Gasteiger partial charge in [-0.25, -0.2) is 0 Å². The molecule has 1 fully saturated rings. The van der Waals surface area contributed by atoms with Crippen molar-refractivity contribution in [2.75, 3.05) is 39.3 Å². The largest absolute Gasteiger partial charge is 0.493 e. The summed E-state index contributed by atoms with van der Waals surface area (Å²) in [7, 11) is 0. The van der Waals surface area contributed by atoms with Gasteiger partial charge in [-0.15, -0.1) is 0 Å². The van der Waals surface area contributed by atoms with Crippen molar-refractivity contribution in [2.24, 2.45) is 0 Å². The fourth-order valence-corrected chi connectivity index (χ4v) is 2.52. The maximum Gasteiger partial charge on any atom is 0.180 e. The molecule has 0 saturated carbocycles. The lowest BCUT2D eigenvalue weighted by atomic mass is 10.1. The molecule has 2 rings (SSSR count). The van der Waals surface area contributed by atoms with E-state index in [4.69, 9.17) is 4.74 Å². The number of hydrogen-bond donors (Lipinski definition) is 1. The molecule has 0 bridgehead atoms. The first-order chi connectivity index (χ1) is 9.20. The number of carbonyl (C=O) groups is 1. The Morgan fingerprint density at radius 1 is 1.42 bits per heavy atom. The highest BCUT2D eigenvalue weighted by Crippen LogP contribution is 2.24. The predicted molar refractivity (Wildman–Crippen MR) is 79.0 cm³/mol. The molecule has 0 aliphatic carbocycles. The highest BCUT2D eigenvalue weighted by atomic mass is 79.9. The lowest BCUT2D eigenvalue weighted by molar-refractivity contribution is 0.0917. The Kier molecular flexibility index (Phi) is 5.36. The van der Waals surface area contributed by atoms with Crippen molar-refractivity contribution in [3.8, 4) is 5.75 Å². The molecule has 0 radical (unpaired) electrons. The van der Waals surface area contributed by atoms with Crippen molar-refractivity contribution < 1.29 is 9.53 Å². The van der Waals surface area contributed by atoms with E-state index in [1.54, 1.807) is 0 Å². The summed E-state index contributed by atoms with van der Waals surface area (Å²) in [6.07, 6.45) is 0. The van der Waals surface area contributed by atoms with Crippen LogP contribution < -0.4 is 10.1 Å². The molecule has 4 nitrogen and oxygen atoms in total. The molecule has 1 N–H and O–H groups in total. The van der Waals surface area contributed by atoms with Gasteiger partial charge in [0, 0.05) is 30.7 Å². The molecule has 1 aliphatic rings. The van der Waals surface area contributed by atoms with Crippen LogP contribution in [-0.4, -0.2) is 50.0 Å². The van der Waals surface area contributed by atoms with Crippen molar-refractivity contribution in [1.29, 1.82) is 0 Å². The number of ketones is 1. The van der Waals surface area contributed by atoms with Crippen LogP contribution in [0.4, 0.5) is 0 Å². The van der Waals surface area contributed by atoms with Crippen molar-refractivity contribution in [3.63, 3.8) is 0 Å². The monoisotopic (exact) mass is 326 g/mol. The molecule has 1 saturated heterocycles. The van der Waals surface area contributed by atoms with E-state index >= 15 is 0 Å². The molecule has 1 aromatic carbocycles. The standard InChI is InChI=1S/C14H19BrN2O2/c1-2-19-14-4-3-11(15)9-12(14)13(18)10-17-7-5-16-6-8-17/h3-4,9,16H,2,5-8,10H2,1H3. The SMILES string of the molecule is CCOc1ccc(Br)cc1C(=O)CN1CCNCC1. The van der Waals surface area contributed by atoms with Crippen molar-refractivity contribution in [2.45, 2.75) is 6.92 Å². The van der Waals surface area contributed by atoms with E-state index in [1.165, 1.54) is 0 Å². The molecular formula is C14H19BrN2O2.